The van der Waals surface area contributed by atoms with Gasteiger partial charge in [0.05, 0.1) is 19.9 Å². The molecule has 0 spiro atoms. The van der Waals surface area contributed by atoms with Crippen molar-refractivity contribution in [2.45, 2.75) is 71.4 Å². The van der Waals surface area contributed by atoms with E-state index in [1.54, 1.807) is 49.5 Å². The van der Waals surface area contributed by atoms with E-state index in [0.717, 1.165) is 24.8 Å². The van der Waals surface area contributed by atoms with Crippen LogP contribution < -0.4 is 19.5 Å². The molecule has 2 N–H and O–H groups in total. The summed E-state index contributed by atoms with van der Waals surface area (Å²) in [6.45, 7) is 6.22. The molecule has 0 radical (unpaired) electrons. The van der Waals surface area contributed by atoms with E-state index in [2.05, 4.69) is 12.2 Å². The first-order chi connectivity index (χ1) is 17.2. The van der Waals surface area contributed by atoms with Crippen LogP contribution in [-0.4, -0.2) is 48.4 Å². The molecule has 0 fully saturated rings. The van der Waals surface area contributed by atoms with Gasteiger partial charge in [-0.2, -0.15) is 0 Å². The van der Waals surface area contributed by atoms with Gasteiger partial charge in [0.25, 0.3) is 0 Å². The zero-order chi connectivity index (χ0) is 26.6. The number of benzene rings is 2. The summed E-state index contributed by atoms with van der Waals surface area (Å²) < 4.78 is 16.3. The quantitative estimate of drug-likeness (QED) is 0.277. The maximum Gasteiger partial charge on any atom is 0.347 e. The Bertz CT molecular complexity index is 975. The molecule has 2 rings (SSSR count). The molecular weight excluding hydrogens is 460 g/mol. The molecule has 8 heteroatoms. The van der Waals surface area contributed by atoms with E-state index >= 15 is 0 Å². The average molecular weight is 501 g/mol. The fourth-order valence-electron chi connectivity index (χ4n) is 3.65. The second-order valence-electron chi connectivity index (χ2n) is 9.25. The Morgan fingerprint density at radius 2 is 1.56 bits per heavy atom. The van der Waals surface area contributed by atoms with Crippen LogP contribution in [0.1, 0.15) is 64.9 Å². The van der Waals surface area contributed by atoms with Gasteiger partial charge in [-0.15, -0.1) is 0 Å². The molecule has 2 aromatic rings. The van der Waals surface area contributed by atoms with Crippen LogP contribution in [-0.2, 0) is 11.3 Å². The molecule has 0 saturated carbocycles. The Labute approximate surface area is 214 Å². The number of carbonyl (C=O) groups excluding carboxylic acids is 1. The fourth-order valence-corrected chi connectivity index (χ4v) is 3.65. The molecule has 0 aliphatic carbocycles. The molecule has 0 atom stereocenters. The molecule has 0 aliphatic heterocycles. The number of rotatable bonds is 15. The van der Waals surface area contributed by atoms with Gasteiger partial charge in [0.15, 0.2) is 5.60 Å². The van der Waals surface area contributed by atoms with E-state index in [-0.39, 0.29) is 6.03 Å². The highest BCUT2D eigenvalue weighted by Crippen LogP contribution is 2.29. The predicted molar refractivity (Wildman–Crippen MR) is 141 cm³/mol. The largest absolute Gasteiger partial charge is 0.497 e. The second kappa shape index (κ2) is 14.2. The van der Waals surface area contributed by atoms with Crippen molar-refractivity contribution >= 4 is 17.7 Å². The Morgan fingerprint density at radius 3 is 2.17 bits per heavy atom. The Morgan fingerprint density at radius 1 is 0.917 bits per heavy atom. The number of carbonyl (C=O) groups is 2. The Hall–Kier alpha value is -3.42. The molecule has 0 bridgehead atoms. The van der Waals surface area contributed by atoms with Crippen molar-refractivity contribution in [2.75, 3.05) is 26.1 Å². The number of carboxylic acids is 1. The molecule has 2 amide bonds. The third-order valence-corrected chi connectivity index (χ3v) is 5.90. The van der Waals surface area contributed by atoms with Gasteiger partial charge in [0.2, 0.25) is 0 Å². The van der Waals surface area contributed by atoms with Crippen molar-refractivity contribution in [3.63, 3.8) is 0 Å². The number of urea groups is 1. The van der Waals surface area contributed by atoms with Gasteiger partial charge in [-0.25, -0.2) is 9.59 Å². The highest BCUT2D eigenvalue weighted by Gasteiger charge is 2.29. The highest BCUT2D eigenvalue weighted by atomic mass is 16.5. The van der Waals surface area contributed by atoms with Crippen LogP contribution in [0, 0.1) is 0 Å². The molecule has 0 aliphatic rings. The molecule has 0 heterocycles. The van der Waals surface area contributed by atoms with Gasteiger partial charge in [-0.3, -0.25) is 0 Å². The van der Waals surface area contributed by atoms with Crippen molar-refractivity contribution in [3.8, 4) is 17.2 Å². The summed E-state index contributed by atoms with van der Waals surface area (Å²) >= 11 is 0. The Balaban J connectivity index is 2.12. The minimum atomic E-state index is -1.33. The van der Waals surface area contributed by atoms with Gasteiger partial charge in [0.1, 0.15) is 17.2 Å². The number of ether oxygens (including phenoxy) is 3. The lowest BCUT2D eigenvalue weighted by molar-refractivity contribution is -0.152. The first kappa shape index (κ1) is 28.8. The van der Waals surface area contributed by atoms with E-state index in [9.17, 15) is 14.7 Å². The van der Waals surface area contributed by atoms with Crippen LogP contribution in [0.5, 0.6) is 17.2 Å². The number of aliphatic carboxylic acids is 1. The second-order valence-corrected chi connectivity index (χ2v) is 9.25. The van der Waals surface area contributed by atoms with Crippen molar-refractivity contribution in [1.82, 2.24) is 4.90 Å². The van der Waals surface area contributed by atoms with E-state index < -0.39 is 11.6 Å². The summed E-state index contributed by atoms with van der Waals surface area (Å²) in [7, 11) is 3.13. The number of hydrogen-bond donors (Lipinski definition) is 2. The first-order valence-corrected chi connectivity index (χ1v) is 12.5. The highest BCUT2D eigenvalue weighted by molar-refractivity contribution is 5.91. The molecule has 0 saturated heterocycles. The normalized spacial score (nSPS) is 11.0. The number of nitrogens with zero attached hydrogens (tertiary/aromatic N) is 1. The van der Waals surface area contributed by atoms with Crippen molar-refractivity contribution in [2.24, 2.45) is 0 Å². The van der Waals surface area contributed by atoms with E-state index in [1.165, 1.54) is 33.1 Å². The molecule has 2 aromatic carbocycles. The summed E-state index contributed by atoms with van der Waals surface area (Å²) in [5.41, 5.74) is 0.150. The number of methoxy groups -OCH3 is 2. The number of carboxylic acid groups (broad SMARTS) is 1. The third-order valence-electron chi connectivity index (χ3n) is 5.90. The van der Waals surface area contributed by atoms with Crippen molar-refractivity contribution < 1.29 is 28.9 Å². The number of nitrogens with one attached hydrogen (secondary N) is 1. The summed E-state index contributed by atoms with van der Waals surface area (Å²) in [6, 6.07) is 12.2. The number of hydrogen-bond acceptors (Lipinski definition) is 5. The monoisotopic (exact) mass is 500 g/mol. The molecule has 8 nitrogen and oxygen atoms in total. The first-order valence-electron chi connectivity index (χ1n) is 12.5. The van der Waals surface area contributed by atoms with Crippen LogP contribution in [0.2, 0.25) is 0 Å². The van der Waals surface area contributed by atoms with Crippen molar-refractivity contribution in [3.05, 3.63) is 48.0 Å². The maximum atomic E-state index is 13.3. The number of amides is 2. The van der Waals surface area contributed by atoms with Crippen LogP contribution in [0.25, 0.3) is 0 Å². The van der Waals surface area contributed by atoms with Gasteiger partial charge in [-0.05, 0) is 50.1 Å². The molecule has 198 valence electrons. The minimum Gasteiger partial charge on any atom is -0.497 e. The predicted octanol–water partition coefficient (Wildman–Crippen LogP) is 6.34. The van der Waals surface area contributed by atoms with E-state index in [4.69, 9.17) is 14.2 Å². The van der Waals surface area contributed by atoms with Crippen LogP contribution in [0.15, 0.2) is 42.5 Å². The van der Waals surface area contributed by atoms with E-state index in [0.29, 0.717) is 36.0 Å². The summed E-state index contributed by atoms with van der Waals surface area (Å²) in [5, 5.41) is 12.2. The van der Waals surface area contributed by atoms with Crippen LogP contribution in [0.4, 0.5) is 10.5 Å². The lowest BCUT2D eigenvalue weighted by Crippen LogP contribution is -2.37. The Kier molecular flexibility index (Phi) is 11.4. The van der Waals surface area contributed by atoms with Crippen LogP contribution in [0.3, 0.4) is 0 Å². The van der Waals surface area contributed by atoms with Gasteiger partial charge >= 0.3 is 12.0 Å². The molecular formula is C28H40N2O6. The SMILES string of the molecule is CCCCCCCCN(Cc1ccc(OC(C)(C)C(=O)O)cc1)C(=O)Nc1ccc(OC)cc1OC. The summed E-state index contributed by atoms with van der Waals surface area (Å²) in [6.07, 6.45) is 6.76. The summed E-state index contributed by atoms with van der Waals surface area (Å²) in [4.78, 5) is 26.4. The molecule has 0 aromatic heterocycles. The lowest BCUT2D eigenvalue weighted by atomic mass is 10.1. The standard InChI is InChI=1S/C28H40N2O6/c1-6-7-8-9-10-11-18-30(27(33)29-24-17-16-23(34-4)19-25(24)35-5)20-21-12-14-22(15-13-21)36-28(2,3)26(31)32/h12-17,19H,6-11,18,20H2,1-5H3,(H,29,33)(H,31,32). The van der Waals surface area contributed by atoms with Gasteiger partial charge in [-0.1, -0.05) is 51.2 Å². The maximum absolute atomic E-state index is 13.3. The van der Waals surface area contributed by atoms with Gasteiger partial charge < -0.3 is 29.5 Å². The fraction of sp³-hybridized carbons (Fsp3) is 0.500. The van der Waals surface area contributed by atoms with Crippen LogP contribution >= 0.6 is 0 Å². The topological polar surface area (TPSA) is 97.3 Å². The molecule has 36 heavy (non-hydrogen) atoms. The molecule has 0 unspecified atom stereocenters. The zero-order valence-electron chi connectivity index (χ0n) is 22.1. The zero-order valence-corrected chi connectivity index (χ0v) is 22.1. The van der Waals surface area contributed by atoms with Crippen molar-refractivity contribution in [1.29, 1.82) is 0 Å². The lowest BCUT2D eigenvalue weighted by Gasteiger charge is -2.25. The minimum absolute atomic E-state index is 0.223. The number of unbranched alkanes of at least 4 members (excludes halogenated alkanes) is 5. The third kappa shape index (κ3) is 8.98. The van der Waals surface area contributed by atoms with E-state index in [1.807, 2.05) is 12.1 Å². The summed E-state index contributed by atoms with van der Waals surface area (Å²) in [5.74, 6) is 0.579. The number of anilines is 1. The average Bonchev–Trinajstić information content (AvgIpc) is 2.86. The smallest absolute Gasteiger partial charge is 0.347 e. The van der Waals surface area contributed by atoms with Gasteiger partial charge in [0, 0.05) is 19.2 Å².